The monoisotopic (exact) mass is 756 g/mol. The molecule has 286 valence electrons. The summed E-state index contributed by atoms with van der Waals surface area (Å²) in [7, 11) is 0. The summed E-state index contributed by atoms with van der Waals surface area (Å²) in [6, 6.07) is 55.5. The predicted molar refractivity (Wildman–Crippen MR) is 241 cm³/mol. The van der Waals surface area contributed by atoms with Gasteiger partial charge in [-0.05, 0) is 77.2 Å². The lowest BCUT2D eigenvalue weighted by atomic mass is 9.77. The summed E-state index contributed by atoms with van der Waals surface area (Å²) in [6.45, 7) is 15.8. The first-order chi connectivity index (χ1) is 28.0. The SMILES string of the molecule is Cc1ccnc(-n2c3ccccc3c3ccc(Oc4cccc(-n5nc(C(C)(C)C)c(-c6c(-c7ccccc7)cccc6-c6ccccc6)c5C(C)(C)C)c4)cc32)c1. The summed E-state index contributed by atoms with van der Waals surface area (Å²) in [5.41, 5.74) is 13.0. The number of rotatable bonds is 7. The number of pyridine rings is 1. The number of hydrogen-bond donors (Lipinski definition) is 0. The molecule has 0 amide bonds. The topological polar surface area (TPSA) is 44.9 Å². The molecule has 0 aliphatic carbocycles. The predicted octanol–water partition coefficient (Wildman–Crippen LogP) is 14.1. The van der Waals surface area contributed by atoms with Crippen molar-refractivity contribution in [2.24, 2.45) is 0 Å². The highest BCUT2D eigenvalue weighted by Crippen LogP contribution is 2.49. The van der Waals surface area contributed by atoms with Crippen molar-refractivity contribution in [1.82, 2.24) is 19.3 Å². The van der Waals surface area contributed by atoms with E-state index < -0.39 is 0 Å². The number of hydrogen-bond acceptors (Lipinski definition) is 3. The van der Waals surface area contributed by atoms with Crippen LogP contribution in [-0.2, 0) is 10.8 Å². The van der Waals surface area contributed by atoms with Crippen LogP contribution in [0.3, 0.4) is 0 Å². The minimum Gasteiger partial charge on any atom is -0.457 e. The van der Waals surface area contributed by atoms with Gasteiger partial charge in [-0.2, -0.15) is 5.10 Å². The second-order valence-electron chi connectivity index (χ2n) is 17.3. The first-order valence-corrected chi connectivity index (χ1v) is 20.1. The van der Waals surface area contributed by atoms with Crippen LogP contribution in [0.1, 0.15) is 58.5 Å². The van der Waals surface area contributed by atoms with Gasteiger partial charge in [-0.3, -0.25) is 4.57 Å². The largest absolute Gasteiger partial charge is 0.457 e. The highest BCUT2D eigenvalue weighted by Gasteiger charge is 2.35. The standard InChI is InChI=1S/C53H48N4O/c1-35-30-31-54-47(32-35)56-45-27-15-14-24-43(45)44-29-28-40(34-46(44)56)58-39-23-16-22-38(33-39)57-51(53(5,6)7)49(50(55-57)52(2,3)4)48-41(36-18-10-8-11-19-36)25-17-26-42(48)37-20-12-9-13-21-37/h8-34H,1-7H3. The van der Waals surface area contributed by atoms with Gasteiger partial charge in [0.15, 0.2) is 0 Å². The Hall–Kier alpha value is -6.72. The highest BCUT2D eigenvalue weighted by atomic mass is 16.5. The van der Waals surface area contributed by atoms with Crippen LogP contribution in [-0.4, -0.2) is 19.3 Å². The van der Waals surface area contributed by atoms with Crippen molar-refractivity contribution < 1.29 is 4.74 Å². The third kappa shape index (κ3) is 6.67. The zero-order valence-electron chi connectivity index (χ0n) is 34.3. The molecule has 0 saturated carbocycles. The van der Waals surface area contributed by atoms with E-state index in [2.05, 4.69) is 203 Å². The van der Waals surface area contributed by atoms with E-state index in [-0.39, 0.29) is 10.8 Å². The second-order valence-corrected chi connectivity index (χ2v) is 17.3. The number of nitrogens with zero attached hydrogens (tertiary/aromatic N) is 4. The van der Waals surface area contributed by atoms with Crippen LogP contribution in [0.25, 0.3) is 66.7 Å². The Kier molecular flexibility index (Phi) is 9.12. The van der Waals surface area contributed by atoms with Crippen molar-refractivity contribution in [1.29, 1.82) is 0 Å². The molecule has 5 heteroatoms. The summed E-state index contributed by atoms with van der Waals surface area (Å²) in [4.78, 5) is 4.77. The molecule has 3 heterocycles. The fourth-order valence-electron chi connectivity index (χ4n) is 8.32. The molecule has 9 rings (SSSR count). The van der Waals surface area contributed by atoms with Gasteiger partial charge in [0, 0.05) is 51.1 Å². The molecule has 0 bridgehead atoms. The van der Waals surface area contributed by atoms with Gasteiger partial charge in [0.25, 0.3) is 0 Å². The van der Waals surface area contributed by atoms with Crippen LogP contribution in [0.2, 0.25) is 0 Å². The van der Waals surface area contributed by atoms with E-state index in [0.29, 0.717) is 0 Å². The average Bonchev–Trinajstić information content (AvgIpc) is 3.79. The average molecular weight is 757 g/mol. The minimum absolute atomic E-state index is 0.271. The summed E-state index contributed by atoms with van der Waals surface area (Å²) in [6.07, 6.45) is 1.87. The van der Waals surface area contributed by atoms with E-state index >= 15 is 0 Å². The molecule has 5 nitrogen and oxygen atoms in total. The van der Waals surface area contributed by atoms with Gasteiger partial charge in [0.2, 0.25) is 0 Å². The lowest BCUT2D eigenvalue weighted by molar-refractivity contribution is 0.482. The number of aryl methyl sites for hydroxylation is 1. The Morgan fingerprint density at radius 3 is 1.79 bits per heavy atom. The van der Waals surface area contributed by atoms with E-state index in [1.165, 1.54) is 38.8 Å². The van der Waals surface area contributed by atoms with Gasteiger partial charge in [0.05, 0.1) is 28.1 Å². The molecule has 0 unspecified atom stereocenters. The molecule has 0 spiro atoms. The number of aromatic nitrogens is 4. The lowest BCUT2D eigenvalue weighted by Gasteiger charge is -2.27. The Bertz CT molecular complexity index is 2880. The maximum atomic E-state index is 6.75. The Balaban J connectivity index is 1.22. The van der Waals surface area contributed by atoms with Crippen molar-refractivity contribution in [2.75, 3.05) is 0 Å². The number of fused-ring (bicyclic) bond motifs is 3. The maximum absolute atomic E-state index is 6.75. The molecule has 0 fully saturated rings. The zero-order chi connectivity index (χ0) is 40.2. The van der Waals surface area contributed by atoms with Crippen molar-refractivity contribution in [3.05, 3.63) is 181 Å². The maximum Gasteiger partial charge on any atom is 0.137 e. The molecular formula is C53H48N4O. The Morgan fingerprint density at radius 2 is 1.14 bits per heavy atom. The molecule has 0 saturated heterocycles. The summed E-state index contributed by atoms with van der Waals surface area (Å²) in [5, 5.41) is 7.91. The number of para-hydroxylation sites is 1. The van der Waals surface area contributed by atoms with E-state index in [1.807, 2.05) is 18.3 Å². The van der Waals surface area contributed by atoms with Gasteiger partial charge in [0.1, 0.15) is 17.3 Å². The molecule has 6 aromatic carbocycles. The minimum atomic E-state index is -0.289. The van der Waals surface area contributed by atoms with Crippen LogP contribution < -0.4 is 4.74 Å². The van der Waals surface area contributed by atoms with Crippen LogP contribution in [0.15, 0.2) is 164 Å². The third-order valence-electron chi connectivity index (χ3n) is 10.9. The van der Waals surface area contributed by atoms with Crippen LogP contribution in [0.5, 0.6) is 11.5 Å². The molecule has 0 atom stereocenters. The van der Waals surface area contributed by atoms with Gasteiger partial charge in [-0.15, -0.1) is 0 Å². The van der Waals surface area contributed by atoms with Crippen molar-refractivity contribution in [3.8, 4) is 56.4 Å². The fraction of sp³-hybridized carbons (Fsp3) is 0.170. The summed E-state index contributed by atoms with van der Waals surface area (Å²) < 4.78 is 11.2. The highest BCUT2D eigenvalue weighted by molar-refractivity contribution is 6.09. The quantitative estimate of drug-likeness (QED) is 0.163. The Labute approximate surface area is 341 Å². The summed E-state index contributed by atoms with van der Waals surface area (Å²) >= 11 is 0. The van der Waals surface area contributed by atoms with E-state index in [4.69, 9.17) is 14.8 Å². The van der Waals surface area contributed by atoms with E-state index in [0.717, 1.165) is 56.4 Å². The number of benzene rings is 6. The zero-order valence-corrected chi connectivity index (χ0v) is 34.3. The number of ether oxygens (including phenoxy) is 1. The van der Waals surface area contributed by atoms with Crippen molar-refractivity contribution in [3.63, 3.8) is 0 Å². The molecule has 3 aromatic heterocycles. The summed E-state index contributed by atoms with van der Waals surface area (Å²) in [5.74, 6) is 2.36. The van der Waals surface area contributed by atoms with Crippen LogP contribution in [0, 0.1) is 6.92 Å². The van der Waals surface area contributed by atoms with Crippen molar-refractivity contribution >= 4 is 21.8 Å². The molecule has 0 aliphatic rings. The molecule has 58 heavy (non-hydrogen) atoms. The molecule has 9 aromatic rings. The van der Waals surface area contributed by atoms with Gasteiger partial charge < -0.3 is 4.74 Å². The lowest BCUT2D eigenvalue weighted by Crippen LogP contribution is -2.19. The Morgan fingerprint density at radius 1 is 0.517 bits per heavy atom. The van der Waals surface area contributed by atoms with Crippen molar-refractivity contribution in [2.45, 2.75) is 59.3 Å². The molecule has 0 aliphatic heterocycles. The first-order valence-electron chi connectivity index (χ1n) is 20.1. The van der Waals surface area contributed by atoms with Gasteiger partial charge in [-0.1, -0.05) is 145 Å². The van der Waals surface area contributed by atoms with Crippen LogP contribution >= 0.6 is 0 Å². The molecule has 0 N–H and O–H groups in total. The van der Waals surface area contributed by atoms with Crippen LogP contribution in [0.4, 0.5) is 0 Å². The van der Waals surface area contributed by atoms with Gasteiger partial charge in [-0.25, -0.2) is 9.67 Å². The smallest absolute Gasteiger partial charge is 0.137 e. The fourth-order valence-corrected chi connectivity index (χ4v) is 8.32. The third-order valence-corrected chi connectivity index (χ3v) is 10.9. The normalized spacial score (nSPS) is 12.1. The second kappa shape index (κ2) is 14.3. The molecular weight excluding hydrogens is 709 g/mol. The molecule has 0 radical (unpaired) electrons. The first kappa shape index (κ1) is 36.9. The van der Waals surface area contributed by atoms with E-state index in [1.54, 1.807) is 0 Å². The van der Waals surface area contributed by atoms with Gasteiger partial charge >= 0.3 is 0 Å². The van der Waals surface area contributed by atoms with E-state index in [9.17, 15) is 0 Å².